The molecule has 0 bridgehead atoms. The monoisotopic (exact) mass is 253 g/mol. The quantitative estimate of drug-likeness (QED) is 0.833. The van der Waals surface area contributed by atoms with E-state index in [2.05, 4.69) is 41.3 Å². The second-order valence-corrected chi connectivity index (χ2v) is 5.59. The molecule has 0 atom stereocenters. The van der Waals surface area contributed by atoms with Gasteiger partial charge in [-0.3, -0.25) is 4.90 Å². The molecule has 1 aliphatic heterocycles. The van der Waals surface area contributed by atoms with Crippen LogP contribution >= 0.6 is 0 Å². The van der Waals surface area contributed by atoms with Crippen LogP contribution in [0.15, 0.2) is 36.4 Å². The lowest BCUT2D eigenvalue weighted by atomic mass is 9.73. The Balaban J connectivity index is 1.51. The van der Waals surface area contributed by atoms with Gasteiger partial charge in [0.25, 0.3) is 0 Å². The fraction of sp³-hybridized carbons (Fsp3) is 0.412. The Hall–Kier alpha value is -1.38. The van der Waals surface area contributed by atoms with E-state index in [0.29, 0.717) is 5.92 Å². The van der Waals surface area contributed by atoms with Crippen molar-refractivity contribution in [3.63, 3.8) is 0 Å². The number of morpholine rings is 1. The fourth-order valence-corrected chi connectivity index (χ4v) is 3.52. The first kappa shape index (κ1) is 11.4. The van der Waals surface area contributed by atoms with E-state index in [4.69, 9.17) is 4.74 Å². The van der Waals surface area contributed by atoms with Gasteiger partial charge in [0.15, 0.2) is 0 Å². The Kier molecular flexibility index (Phi) is 2.78. The van der Waals surface area contributed by atoms with Gasteiger partial charge in [-0.25, -0.2) is 0 Å². The average Bonchev–Trinajstić information content (AvgIpc) is 2.47. The van der Waals surface area contributed by atoms with Crippen molar-refractivity contribution in [2.75, 3.05) is 32.8 Å². The van der Waals surface area contributed by atoms with E-state index in [0.717, 1.165) is 26.3 Å². The van der Waals surface area contributed by atoms with Crippen LogP contribution in [0.4, 0.5) is 0 Å². The summed E-state index contributed by atoms with van der Waals surface area (Å²) in [6.07, 6.45) is 1.25. The SMILES string of the molecule is c1cc2c3c(cccc3c1)C2CCN1CCOCC1. The van der Waals surface area contributed by atoms with Crippen molar-refractivity contribution in [3.8, 4) is 0 Å². The molecular formula is C17H19NO. The maximum Gasteiger partial charge on any atom is 0.0594 e. The normalized spacial score (nSPS) is 19.6. The van der Waals surface area contributed by atoms with Gasteiger partial charge in [-0.2, -0.15) is 0 Å². The molecule has 2 aliphatic rings. The largest absolute Gasteiger partial charge is 0.379 e. The third kappa shape index (κ3) is 1.87. The van der Waals surface area contributed by atoms with Crippen LogP contribution in [-0.2, 0) is 4.74 Å². The summed E-state index contributed by atoms with van der Waals surface area (Å²) in [5, 5.41) is 2.91. The van der Waals surface area contributed by atoms with Crippen molar-refractivity contribution >= 4 is 10.8 Å². The van der Waals surface area contributed by atoms with Gasteiger partial charge in [0.1, 0.15) is 0 Å². The molecule has 0 aromatic heterocycles. The van der Waals surface area contributed by atoms with Gasteiger partial charge in [-0.15, -0.1) is 0 Å². The van der Waals surface area contributed by atoms with Crippen molar-refractivity contribution < 1.29 is 4.74 Å². The van der Waals surface area contributed by atoms with Crippen molar-refractivity contribution in [2.45, 2.75) is 12.3 Å². The van der Waals surface area contributed by atoms with Gasteiger partial charge in [-0.1, -0.05) is 36.4 Å². The van der Waals surface area contributed by atoms with Crippen LogP contribution < -0.4 is 0 Å². The maximum atomic E-state index is 5.41. The Morgan fingerprint density at radius 3 is 2.37 bits per heavy atom. The second-order valence-electron chi connectivity index (χ2n) is 5.59. The molecular weight excluding hydrogens is 234 g/mol. The lowest BCUT2D eigenvalue weighted by Crippen LogP contribution is -2.37. The summed E-state index contributed by atoms with van der Waals surface area (Å²) in [5.74, 6) is 0.655. The Bertz CT molecular complexity index is 562. The predicted octanol–water partition coefficient (Wildman–Crippen LogP) is 3.01. The molecule has 0 spiro atoms. The predicted molar refractivity (Wildman–Crippen MR) is 77.7 cm³/mol. The Labute approximate surface area is 114 Å². The van der Waals surface area contributed by atoms with Crippen LogP contribution in [0, 0.1) is 0 Å². The van der Waals surface area contributed by atoms with Crippen LogP contribution in [0.2, 0.25) is 0 Å². The minimum atomic E-state index is 0.655. The molecule has 0 radical (unpaired) electrons. The molecule has 2 nitrogen and oxygen atoms in total. The third-order valence-corrected chi connectivity index (χ3v) is 4.56. The molecule has 0 saturated carbocycles. The molecule has 1 saturated heterocycles. The molecule has 2 aromatic carbocycles. The lowest BCUT2D eigenvalue weighted by molar-refractivity contribution is 0.0369. The highest BCUT2D eigenvalue weighted by molar-refractivity contribution is 5.95. The van der Waals surface area contributed by atoms with Crippen molar-refractivity contribution in [1.29, 1.82) is 0 Å². The van der Waals surface area contributed by atoms with Gasteiger partial charge in [-0.05, 0) is 34.9 Å². The molecule has 2 aromatic rings. The van der Waals surface area contributed by atoms with Gasteiger partial charge in [0, 0.05) is 19.0 Å². The van der Waals surface area contributed by atoms with E-state index in [1.807, 2.05) is 0 Å². The molecule has 2 heteroatoms. The van der Waals surface area contributed by atoms with Gasteiger partial charge in [0.05, 0.1) is 13.2 Å². The molecule has 0 N–H and O–H groups in total. The van der Waals surface area contributed by atoms with Crippen LogP contribution in [-0.4, -0.2) is 37.7 Å². The topological polar surface area (TPSA) is 12.5 Å². The number of ether oxygens (including phenoxy) is 1. The summed E-state index contributed by atoms with van der Waals surface area (Å²) in [5.41, 5.74) is 3.11. The summed E-state index contributed by atoms with van der Waals surface area (Å²) in [4.78, 5) is 2.53. The van der Waals surface area contributed by atoms with E-state index in [1.165, 1.54) is 23.7 Å². The summed E-state index contributed by atoms with van der Waals surface area (Å²) >= 11 is 0. The summed E-state index contributed by atoms with van der Waals surface area (Å²) in [7, 11) is 0. The smallest absolute Gasteiger partial charge is 0.0594 e. The average molecular weight is 253 g/mol. The zero-order valence-corrected chi connectivity index (χ0v) is 11.1. The highest BCUT2D eigenvalue weighted by atomic mass is 16.5. The Morgan fingerprint density at radius 1 is 1.00 bits per heavy atom. The number of hydrogen-bond acceptors (Lipinski definition) is 2. The van der Waals surface area contributed by atoms with Crippen molar-refractivity contribution in [3.05, 3.63) is 47.5 Å². The maximum absolute atomic E-state index is 5.41. The summed E-state index contributed by atoms with van der Waals surface area (Å²) in [6.45, 7) is 5.18. The Morgan fingerprint density at radius 2 is 1.68 bits per heavy atom. The second kappa shape index (κ2) is 4.62. The first-order valence-corrected chi connectivity index (χ1v) is 7.25. The van der Waals surface area contributed by atoms with E-state index in [9.17, 15) is 0 Å². The molecule has 4 rings (SSSR count). The summed E-state index contributed by atoms with van der Waals surface area (Å²) in [6, 6.07) is 13.4. The van der Waals surface area contributed by atoms with E-state index < -0.39 is 0 Å². The van der Waals surface area contributed by atoms with Crippen molar-refractivity contribution in [2.24, 2.45) is 0 Å². The number of benzene rings is 2. The van der Waals surface area contributed by atoms with E-state index >= 15 is 0 Å². The van der Waals surface area contributed by atoms with E-state index in [-0.39, 0.29) is 0 Å². The minimum Gasteiger partial charge on any atom is -0.379 e. The number of hydrogen-bond donors (Lipinski definition) is 0. The standard InChI is InChI=1S/C17H19NO/c1-3-13-4-2-6-16-14(15(5-1)17(13)16)7-8-18-9-11-19-12-10-18/h1-6,14H,7-12H2. The molecule has 1 heterocycles. The van der Waals surface area contributed by atoms with Crippen LogP contribution in [0.5, 0.6) is 0 Å². The van der Waals surface area contributed by atoms with Crippen LogP contribution in [0.1, 0.15) is 23.5 Å². The first-order valence-electron chi connectivity index (χ1n) is 7.25. The third-order valence-electron chi connectivity index (χ3n) is 4.56. The zero-order chi connectivity index (χ0) is 12.7. The molecule has 1 fully saturated rings. The molecule has 1 aliphatic carbocycles. The van der Waals surface area contributed by atoms with Crippen LogP contribution in [0.25, 0.3) is 10.8 Å². The highest BCUT2D eigenvalue weighted by Crippen LogP contribution is 2.45. The van der Waals surface area contributed by atoms with Gasteiger partial charge < -0.3 is 4.74 Å². The highest BCUT2D eigenvalue weighted by Gasteiger charge is 2.28. The van der Waals surface area contributed by atoms with Gasteiger partial charge in [0.2, 0.25) is 0 Å². The fourth-order valence-electron chi connectivity index (χ4n) is 3.52. The van der Waals surface area contributed by atoms with Crippen molar-refractivity contribution in [1.82, 2.24) is 4.90 Å². The zero-order valence-electron chi connectivity index (χ0n) is 11.1. The first-order chi connectivity index (χ1) is 9.43. The van der Waals surface area contributed by atoms with Crippen LogP contribution in [0.3, 0.4) is 0 Å². The lowest BCUT2D eigenvalue weighted by Gasteiger charge is -2.34. The summed E-state index contributed by atoms with van der Waals surface area (Å²) < 4.78 is 5.41. The molecule has 98 valence electrons. The molecule has 0 amide bonds. The van der Waals surface area contributed by atoms with E-state index in [1.54, 1.807) is 11.1 Å². The number of nitrogens with zero attached hydrogens (tertiary/aromatic N) is 1. The minimum absolute atomic E-state index is 0.655. The molecule has 0 unspecified atom stereocenters. The van der Waals surface area contributed by atoms with Gasteiger partial charge >= 0.3 is 0 Å². The number of rotatable bonds is 3. The molecule has 19 heavy (non-hydrogen) atoms.